The Labute approximate surface area is 130 Å². The third-order valence-corrected chi connectivity index (χ3v) is 6.67. The van der Waals surface area contributed by atoms with E-state index >= 15 is 0 Å². The Morgan fingerprint density at radius 1 is 1.00 bits per heavy atom. The van der Waals surface area contributed by atoms with Crippen molar-refractivity contribution in [1.29, 1.82) is 0 Å². The van der Waals surface area contributed by atoms with E-state index in [9.17, 15) is 0 Å². The van der Waals surface area contributed by atoms with E-state index in [0.29, 0.717) is 0 Å². The molecule has 106 valence electrons. The van der Waals surface area contributed by atoms with Crippen LogP contribution in [0.1, 0.15) is 50.2 Å². The molecule has 4 fully saturated rings. The molecule has 4 aliphatic carbocycles. The lowest BCUT2D eigenvalue weighted by Gasteiger charge is -2.52. The summed E-state index contributed by atoms with van der Waals surface area (Å²) in [5.74, 6) is 3.90. The van der Waals surface area contributed by atoms with Gasteiger partial charge in [-0.3, -0.25) is 0 Å². The highest BCUT2D eigenvalue weighted by molar-refractivity contribution is 9.10. The summed E-state index contributed by atoms with van der Waals surface area (Å²) >= 11 is 3.76. The quantitative estimate of drug-likeness (QED) is 0.593. The minimum Gasteiger partial charge on any atom is -0.0604 e. The second-order valence-electron chi connectivity index (χ2n) is 7.37. The Hall–Kier alpha value is -0.560. The fourth-order valence-electron chi connectivity index (χ4n) is 5.39. The molecule has 0 unspecified atom stereocenters. The zero-order valence-electron chi connectivity index (χ0n) is 12.5. The molecule has 0 N–H and O–H groups in total. The lowest BCUT2D eigenvalue weighted by molar-refractivity contribution is 0.0704. The Balaban J connectivity index is 1.79. The van der Waals surface area contributed by atoms with Gasteiger partial charge >= 0.3 is 0 Å². The summed E-state index contributed by atoms with van der Waals surface area (Å²) in [6, 6.07) is 6.77. The summed E-state index contributed by atoms with van der Waals surface area (Å²) in [6.07, 6.45) is 7.44. The van der Waals surface area contributed by atoms with Gasteiger partial charge in [-0.25, -0.2) is 0 Å². The number of aryl methyl sites for hydroxylation is 1. The van der Waals surface area contributed by atoms with Gasteiger partial charge in [0, 0.05) is 4.47 Å². The van der Waals surface area contributed by atoms with Crippen LogP contribution in [-0.2, 0) is 0 Å². The molecule has 1 aromatic rings. The third-order valence-electron chi connectivity index (χ3n) is 5.98. The normalized spacial score (nSPS) is 34.6. The fraction of sp³-hybridized carbons (Fsp3) is 0.579. The van der Waals surface area contributed by atoms with Crippen molar-refractivity contribution in [3.8, 4) is 0 Å². The molecule has 0 radical (unpaired) electrons. The van der Waals surface area contributed by atoms with E-state index in [4.69, 9.17) is 0 Å². The zero-order chi connectivity index (χ0) is 13.9. The molecule has 4 saturated carbocycles. The molecule has 20 heavy (non-hydrogen) atoms. The van der Waals surface area contributed by atoms with Gasteiger partial charge in [0.25, 0.3) is 0 Å². The minimum atomic E-state index is 0.902. The van der Waals surface area contributed by atoms with Crippen molar-refractivity contribution >= 4 is 21.5 Å². The number of halogens is 1. The smallest absolute Gasteiger partial charge is 0.0250 e. The van der Waals surface area contributed by atoms with E-state index in [0.717, 1.165) is 23.7 Å². The fourth-order valence-corrected chi connectivity index (χ4v) is 5.93. The van der Waals surface area contributed by atoms with Gasteiger partial charge in [0.05, 0.1) is 0 Å². The molecule has 4 aliphatic rings. The first-order valence-corrected chi connectivity index (χ1v) is 8.88. The van der Waals surface area contributed by atoms with Crippen molar-refractivity contribution < 1.29 is 0 Å². The van der Waals surface area contributed by atoms with E-state index in [2.05, 4.69) is 48.0 Å². The largest absolute Gasteiger partial charge is 0.0604 e. The molecule has 1 aromatic carbocycles. The molecule has 0 amide bonds. The van der Waals surface area contributed by atoms with Crippen LogP contribution in [0, 0.1) is 30.6 Å². The molecular weight excluding hydrogens is 308 g/mol. The van der Waals surface area contributed by atoms with E-state index in [1.165, 1.54) is 47.7 Å². The van der Waals surface area contributed by atoms with Crippen molar-refractivity contribution in [2.45, 2.75) is 46.0 Å². The van der Waals surface area contributed by atoms with Crippen molar-refractivity contribution in [3.63, 3.8) is 0 Å². The SMILES string of the molecule is CC(=C1C2CC3CC(C2)CC1C3)c1cc(C)ccc1Br. The molecule has 0 spiro atoms. The van der Waals surface area contributed by atoms with Crippen LogP contribution in [0.3, 0.4) is 0 Å². The maximum Gasteiger partial charge on any atom is 0.0250 e. The van der Waals surface area contributed by atoms with Gasteiger partial charge in [0.1, 0.15) is 0 Å². The second-order valence-corrected chi connectivity index (χ2v) is 8.22. The summed E-state index contributed by atoms with van der Waals surface area (Å²) in [4.78, 5) is 0. The van der Waals surface area contributed by atoms with Crippen LogP contribution in [-0.4, -0.2) is 0 Å². The van der Waals surface area contributed by atoms with Crippen molar-refractivity contribution in [2.75, 3.05) is 0 Å². The van der Waals surface area contributed by atoms with E-state index in [1.54, 1.807) is 5.57 Å². The summed E-state index contributed by atoms with van der Waals surface area (Å²) in [6.45, 7) is 4.57. The highest BCUT2D eigenvalue weighted by atomic mass is 79.9. The topological polar surface area (TPSA) is 0 Å². The van der Waals surface area contributed by atoms with Gasteiger partial charge in [-0.05, 0) is 86.8 Å². The van der Waals surface area contributed by atoms with E-state index < -0.39 is 0 Å². The van der Waals surface area contributed by atoms with Crippen molar-refractivity contribution in [1.82, 2.24) is 0 Å². The van der Waals surface area contributed by atoms with Gasteiger partial charge in [-0.15, -0.1) is 0 Å². The Morgan fingerprint density at radius 3 is 2.20 bits per heavy atom. The maximum atomic E-state index is 3.76. The van der Waals surface area contributed by atoms with E-state index in [-0.39, 0.29) is 0 Å². The van der Waals surface area contributed by atoms with Crippen LogP contribution < -0.4 is 0 Å². The molecule has 0 saturated heterocycles. The Morgan fingerprint density at radius 2 is 1.60 bits per heavy atom. The molecule has 1 heteroatoms. The maximum absolute atomic E-state index is 3.76. The Kier molecular flexibility index (Phi) is 3.10. The molecule has 5 rings (SSSR count). The van der Waals surface area contributed by atoms with Gasteiger partial charge in [0.15, 0.2) is 0 Å². The van der Waals surface area contributed by atoms with Crippen LogP contribution in [0.15, 0.2) is 28.2 Å². The number of allylic oxidation sites excluding steroid dienone is 2. The lowest BCUT2D eigenvalue weighted by Crippen LogP contribution is -2.40. The summed E-state index contributed by atoms with van der Waals surface area (Å²) < 4.78 is 1.27. The molecule has 0 nitrogen and oxygen atoms in total. The average Bonchev–Trinajstić information content (AvgIpc) is 2.40. The number of rotatable bonds is 1. The van der Waals surface area contributed by atoms with Crippen LogP contribution in [0.25, 0.3) is 5.57 Å². The van der Waals surface area contributed by atoms with Gasteiger partial charge < -0.3 is 0 Å². The lowest BCUT2D eigenvalue weighted by atomic mass is 9.53. The number of hydrogen-bond donors (Lipinski definition) is 0. The second kappa shape index (κ2) is 4.73. The highest BCUT2D eigenvalue weighted by Crippen LogP contribution is 2.58. The standard InChI is InChI=1S/C19H23Br/c1-11-3-4-18(20)17(5-11)12(2)19-15-7-13-6-14(9-15)10-16(19)8-13/h3-5,13-16H,6-10H2,1-2H3. The molecule has 0 aliphatic heterocycles. The average molecular weight is 331 g/mol. The molecule has 4 bridgehead atoms. The number of benzene rings is 1. The third kappa shape index (κ3) is 2.01. The van der Waals surface area contributed by atoms with Crippen molar-refractivity contribution in [2.24, 2.45) is 23.7 Å². The van der Waals surface area contributed by atoms with Gasteiger partial charge in [-0.1, -0.05) is 39.2 Å². The summed E-state index contributed by atoms with van der Waals surface area (Å²) in [5.41, 5.74) is 6.21. The van der Waals surface area contributed by atoms with Crippen LogP contribution in [0.4, 0.5) is 0 Å². The van der Waals surface area contributed by atoms with Crippen LogP contribution >= 0.6 is 15.9 Å². The zero-order valence-corrected chi connectivity index (χ0v) is 14.0. The van der Waals surface area contributed by atoms with E-state index in [1.807, 2.05) is 5.57 Å². The highest BCUT2D eigenvalue weighted by Gasteiger charge is 2.45. The number of hydrogen-bond acceptors (Lipinski definition) is 0. The van der Waals surface area contributed by atoms with Gasteiger partial charge in [0.2, 0.25) is 0 Å². The molecule has 0 heterocycles. The first kappa shape index (κ1) is 13.1. The molecule has 0 aromatic heterocycles. The summed E-state index contributed by atoms with van der Waals surface area (Å²) in [7, 11) is 0. The van der Waals surface area contributed by atoms with Crippen LogP contribution in [0.2, 0.25) is 0 Å². The summed E-state index contributed by atoms with van der Waals surface area (Å²) in [5, 5.41) is 0. The molecule has 0 atom stereocenters. The van der Waals surface area contributed by atoms with Crippen molar-refractivity contribution in [3.05, 3.63) is 39.4 Å². The minimum absolute atomic E-state index is 0.902. The molecular formula is C19H23Br. The van der Waals surface area contributed by atoms with Gasteiger partial charge in [-0.2, -0.15) is 0 Å². The Bertz CT molecular complexity index is 551. The first-order chi connectivity index (χ1) is 9.61. The predicted octanol–water partition coefficient (Wildman–Crippen LogP) is 5.99. The monoisotopic (exact) mass is 330 g/mol. The van der Waals surface area contributed by atoms with Crippen LogP contribution in [0.5, 0.6) is 0 Å². The first-order valence-electron chi connectivity index (χ1n) is 8.09. The predicted molar refractivity (Wildman–Crippen MR) is 88.5 cm³/mol.